The Labute approximate surface area is 126 Å². The zero-order chi connectivity index (χ0) is 14.5. The van der Waals surface area contributed by atoms with Gasteiger partial charge in [0.05, 0.1) is 16.7 Å². The number of ketones is 1. The molecule has 0 aromatic heterocycles. The normalized spacial score (nSPS) is 10.3. The van der Waals surface area contributed by atoms with E-state index >= 15 is 0 Å². The number of rotatable bonds is 5. The van der Waals surface area contributed by atoms with E-state index in [1.54, 1.807) is 18.2 Å². The van der Waals surface area contributed by atoms with Crippen LogP contribution in [0.3, 0.4) is 0 Å². The molecule has 0 atom stereocenters. The first-order valence-electron chi connectivity index (χ1n) is 5.93. The van der Waals surface area contributed by atoms with Gasteiger partial charge in [-0.3, -0.25) is 4.79 Å². The number of carbonyl (C=O) groups excluding carboxylic acids is 1. The van der Waals surface area contributed by atoms with Gasteiger partial charge in [0.2, 0.25) is 0 Å². The number of benzene rings is 2. The first-order valence-corrected chi connectivity index (χ1v) is 6.69. The predicted octanol–water partition coefficient (Wildman–Crippen LogP) is 4.78. The maximum absolute atomic E-state index is 12.7. The van der Waals surface area contributed by atoms with Crippen LogP contribution in [0.25, 0.3) is 0 Å². The lowest BCUT2D eigenvalue weighted by Gasteiger charge is -2.09. The quantitative estimate of drug-likeness (QED) is 0.742. The predicted molar refractivity (Wildman–Crippen MR) is 77.3 cm³/mol. The summed E-state index contributed by atoms with van der Waals surface area (Å²) in [6.45, 7) is 0.152. The van der Waals surface area contributed by atoms with Crippen molar-refractivity contribution in [2.45, 2.75) is 6.42 Å². The maximum Gasteiger partial charge on any atom is 0.166 e. The van der Waals surface area contributed by atoms with Crippen LogP contribution in [0, 0.1) is 5.82 Å². The SMILES string of the molecule is O=C(CCOc1c(Cl)cccc1Cl)c1ccc(F)cc1. The van der Waals surface area contributed by atoms with E-state index in [2.05, 4.69) is 0 Å². The number of para-hydroxylation sites is 1. The zero-order valence-electron chi connectivity index (χ0n) is 10.4. The number of hydrogen-bond donors (Lipinski definition) is 0. The minimum atomic E-state index is -0.374. The van der Waals surface area contributed by atoms with Gasteiger partial charge < -0.3 is 4.74 Å². The molecule has 0 unspecified atom stereocenters. The summed E-state index contributed by atoms with van der Waals surface area (Å²) in [7, 11) is 0. The summed E-state index contributed by atoms with van der Waals surface area (Å²) in [6.07, 6.45) is 0.160. The fourth-order valence-electron chi connectivity index (χ4n) is 1.65. The van der Waals surface area contributed by atoms with Gasteiger partial charge in [-0.05, 0) is 36.4 Å². The molecule has 0 aliphatic carbocycles. The highest BCUT2D eigenvalue weighted by Gasteiger charge is 2.09. The molecule has 0 amide bonds. The molecule has 0 spiro atoms. The molecule has 0 saturated carbocycles. The van der Waals surface area contributed by atoms with Crippen molar-refractivity contribution >= 4 is 29.0 Å². The van der Waals surface area contributed by atoms with Gasteiger partial charge in [0, 0.05) is 12.0 Å². The van der Waals surface area contributed by atoms with Crippen LogP contribution in [0.2, 0.25) is 10.0 Å². The van der Waals surface area contributed by atoms with Gasteiger partial charge in [0.1, 0.15) is 5.82 Å². The number of hydrogen-bond acceptors (Lipinski definition) is 2. The van der Waals surface area contributed by atoms with Crippen LogP contribution >= 0.6 is 23.2 Å². The number of Topliss-reactive ketones (excluding diaryl/α,β-unsaturated/α-hetero) is 1. The van der Waals surface area contributed by atoms with Crippen molar-refractivity contribution in [2.24, 2.45) is 0 Å². The van der Waals surface area contributed by atoms with Crippen molar-refractivity contribution in [3.8, 4) is 5.75 Å². The monoisotopic (exact) mass is 312 g/mol. The minimum absolute atomic E-state index is 0.131. The Balaban J connectivity index is 1.93. The van der Waals surface area contributed by atoms with Crippen LogP contribution < -0.4 is 4.74 Å². The number of carbonyl (C=O) groups is 1. The summed E-state index contributed by atoms with van der Waals surface area (Å²) in [5.41, 5.74) is 0.445. The number of ether oxygens (including phenoxy) is 1. The van der Waals surface area contributed by atoms with E-state index in [1.165, 1.54) is 24.3 Å². The van der Waals surface area contributed by atoms with E-state index in [0.29, 0.717) is 21.4 Å². The van der Waals surface area contributed by atoms with Gasteiger partial charge in [-0.1, -0.05) is 29.3 Å². The Hall–Kier alpha value is -1.58. The Bertz CT molecular complexity index is 592. The molecule has 0 bridgehead atoms. The average molecular weight is 313 g/mol. The van der Waals surface area contributed by atoms with Crippen molar-refractivity contribution < 1.29 is 13.9 Å². The van der Waals surface area contributed by atoms with Crippen LogP contribution in [-0.2, 0) is 0 Å². The lowest BCUT2D eigenvalue weighted by atomic mass is 10.1. The third-order valence-electron chi connectivity index (χ3n) is 2.66. The molecular formula is C15H11Cl2FO2. The summed E-state index contributed by atoms with van der Waals surface area (Å²) in [4.78, 5) is 11.8. The highest BCUT2D eigenvalue weighted by molar-refractivity contribution is 6.37. The Kier molecular flexibility index (Phi) is 4.99. The third-order valence-corrected chi connectivity index (χ3v) is 3.26. The van der Waals surface area contributed by atoms with Crippen molar-refractivity contribution in [2.75, 3.05) is 6.61 Å². The average Bonchev–Trinajstić information content (AvgIpc) is 2.42. The van der Waals surface area contributed by atoms with E-state index < -0.39 is 0 Å². The first-order chi connectivity index (χ1) is 9.58. The molecule has 2 aromatic carbocycles. The van der Waals surface area contributed by atoms with Crippen molar-refractivity contribution in [1.29, 1.82) is 0 Å². The molecule has 0 heterocycles. The van der Waals surface area contributed by atoms with Crippen LogP contribution in [0.5, 0.6) is 5.75 Å². The molecule has 0 aliphatic rings. The Morgan fingerprint density at radius 2 is 1.65 bits per heavy atom. The maximum atomic E-state index is 12.7. The van der Waals surface area contributed by atoms with E-state index in [-0.39, 0.29) is 24.6 Å². The van der Waals surface area contributed by atoms with E-state index in [0.717, 1.165) is 0 Å². The van der Waals surface area contributed by atoms with E-state index in [1.807, 2.05) is 0 Å². The van der Waals surface area contributed by atoms with Crippen molar-refractivity contribution in [3.63, 3.8) is 0 Å². The second kappa shape index (κ2) is 6.73. The summed E-state index contributed by atoms with van der Waals surface area (Å²) in [5.74, 6) is -0.142. The minimum Gasteiger partial charge on any atom is -0.490 e. The molecule has 2 rings (SSSR count). The van der Waals surface area contributed by atoms with Gasteiger partial charge in [0.15, 0.2) is 11.5 Å². The second-order valence-corrected chi connectivity index (χ2v) is 4.89. The summed E-state index contributed by atoms with van der Waals surface area (Å²) in [6, 6.07) is 10.4. The van der Waals surface area contributed by atoms with E-state index in [4.69, 9.17) is 27.9 Å². The fourth-order valence-corrected chi connectivity index (χ4v) is 2.15. The van der Waals surface area contributed by atoms with Crippen LogP contribution in [-0.4, -0.2) is 12.4 Å². The smallest absolute Gasteiger partial charge is 0.166 e. The lowest BCUT2D eigenvalue weighted by Crippen LogP contribution is -2.07. The van der Waals surface area contributed by atoms with Crippen LogP contribution in [0.1, 0.15) is 16.8 Å². The van der Waals surface area contributed by atoms with Gasteiger partial charge in [-0.2, -0.15) is 0 Å². The summed E-state index contributed by atoms with van der Waals surface area (Å²) < 4.78 is 18.2. The third kappa shape index (κ3) is 3.71. The Morgan fingerprint density at radius 3 is 2.25 bits per heavy atom. The fraction of sp³-hybridized carbons (Fsp3) is 0.133. The molecule has 104 valence electrons. The molecule has 0 N–H and O–H groups in total. The first kappa shape index (κ1) is 14.8. The lowest BCUT2D eigenvalue weighted by molar-refractivity contribution is 0.0962. The molecule has 2 nitrogen and oxygen atoms in total. The standard InChI is InChI=1S/C15H11Cl2FO2/c16-12-2-1-3-13(17)15(12)20-9-8-14(19)10-4-6-11(18)7-5-10/h1-7H,8-9H2. The zero-order valence-corrected chi connectivity index (χ0v) is 11.9. The van der Waals surface area contributed by atoms with Gasteiger partial charge in [0.25, 0.3) is 0 Å². The van der Waals surface area contributed by atoms with Gasteiger partial charge >= 0.3 is 0 Å². The molecule has 0 radical (unpaired) electrons. The van der Waals surface area contributed by atoms with Crippen molar-refractivity contribution in [1.82, 2.24) is 0 Å². The molecule has 0 aliphatic heterocycles. The van der Waals surface area contributed by atoms with Crippen LogP contribution in [0.4, 0.5) is 4.39 Å². The Morgan fingerprint density at radius 1 is 1.05 bits per heavy atom. The number of halogens is 3. The molecule has 0 saturated heterocycles. The van der Waals surface area contributed by atoms with Gasteiger partial charge in [-0.15, -0.1) is 0 Å². The summed E-state index contributed by atoms with van der Waals surface area (Å²) >= 11 is 11.9. The molecule has 20 heavy (non-hydrogen) atoms. The van der Waals surface area contributed by atoms with Crippen molar-refractivity contribution in [3.05, 3.63) is 63.9 Å². The second-order valence-electron chi connectivity index (χ2n) is 4.08. The molecule has 0 fully saturated rings. The topological polar surface area (TPSA) is 26.3 Å². The highest BCUT2D eigenvalue weighted by atomic mass is 35.5. The largest absolute Gasteiger partial charge is 0.490 e. The molecule has 5 heteroatoms. The molecular weight excluding hydrogens is 302 g/mol. The van der Waals surface area contributed by atoms with E-state index in [9.17, 15) is 9.18 Å². The highest BCUT2D eigenvalue weighted by Crippen LogP contribution is 2.32. The van der Waals surface area contributed by atoms with Crippen LogP contribution in [0.15, 0.2) is 42.5 Å². The molecule has 2 aromatic rings. The van der Waals surface area contributed by atoms with Gasteiger partial charge in [-0.25, -0.2) is 4.39 Å². The summed E-state index contributed by atoms with van der Waals surface area (Å²) in [5, 5.41) is 0.790.